The second-order valence-electron chi connectivity index (χ2n) is 5.64. The lowest BCUT2D eigenvalue weighted by Gasteiger charge is -2.20. The first-order chi connectivity index (χ1) is 9.85. The molecule has 1 rings (SSSR count). The zero-order valence-corrected chi connectivity index (χ0v) is 12.7. The van der Waals surface area contributed by atoms with Gasteiger partial charge in [-0.25, -0.2) is 0 Å². The van der Waals surface area contributed by atoms with Crippen molar-refractivity contribution in [3.63, 3.8) is 0 Å². The van der Waals surface area contributed by atoms with E-state index in [9.17, 15) is 14.9 Å². The number of amides is 1. The third-order valence-corrected chi connectivity index (χ3v) is 3.35. The molecule has 0 heterocycles. The zero-order valence-electron chi connectivity index (χ0n) is 12.7. The van der Waals surface area contributed by atoms with E-state index in [1.54, 1.807) is 19.1 Å². The van der Waals surface area contributed by atoms with Crippen LogP contribution in [0.5, 0.6) is 0 Å². The summed E-state index contributed by atoms with van der Waals surface area (Å²) in [7, 11) is 0. The van der Waals surface area contributed by atoms with Crippen LogP contribution in [0.1, 0.15) is 38.8 Å². The summed E-state index contributed by atoms with van der Waals surface area (Å²) in [5, 5.41) is 13.7. The van der Waals surface area contributed by atoms with Gasteiger partial charge in [-0.3, -0.25) is 14.9 Å². The highest BCUT2D eigenvalue weighted by atomic mass is 16.6. The summed E-state index contributed by atoms with van der Waals surface area (Å²) < 4.78 is 0. The van der Waals surface area contributed by atoms with Crippen molar-refractivity contribution < 1.29 is 9.72 Å². The highest BCUT2D eigenvalue weighted by Gasteiger charge is 2.20. The van der Waals surface area contributed by atoms with Gasteiger partial charge in [0.1, 0.15) is 0 Å². The van der Waals surface area contributed by atoms with E-state index in [0.29, 0.717) is 18.0 Å². The van der Waals surface area contributed by atoms with Crippen LogP contribution < -0.4 is 11.1 Å². The van der Waals surface area contributed by atoms with Gasteiger partial charge in [0.05, 0.1) is 16.9 Å². The van der Waals surface area contributed by atoms with Gasteiger partial charge < -0.3 is 11.1 Å². The highest BCUT2D eigenvalue weighted by Crippen LogP contribution is 2.20. The van der Waals surface area contributed by atoms with Gasteiger partial charge in [-0.05, 0) is 24.8 Å². The fourth-order valence-corrected chi connectivity index (χ4v) is 2.20. The lowest BCUT2D eigenvalue weighted by atomic mass is 9.95. The number of nitro benzene ring substituents is 1. The Morgan fingerprint density at radius 1 is 1.38 bits per heavy atom. The predicted octanol–water partition coefficient (Wildman–Crippen LogP) is 2.39. The second-order valence-corrected chi connectivity index (χ2v) is 5.64. The van der Waals surface area contributed by atoms with Crippen LogP contribution in [-0.4, -0.2) is 17.4 Å². The average Bonchev–Trinajstić information content (AvgIpc) is 2.44. The second kappa shape index (κ2) is 7.73. The van der Waals surface area contributed by atoms with Crippen molar-refractivity contribution in [2.24, 2.45) is 17.6 Å². The first-order valence-electron chi connectivity index (χ1n) is 7.10. The summed E-state index contributed by atoms with van der Waals surface area (Å²) in [4.78, 5) is 22.5. The van der Waals surface area contributed by atoms with Gasteiger partial charge in [-0.1, -0.05) is 26.0 Å². The molecular formula is C15H23N3O3. The molecule has 0 radical (unpaired) electrons. The Kier molecular flexibility index (Phi) is 6.30. The molecule has 1 amide bonds. The molecule has 116 valence electrons. The maximum absolute atomic E-state index is 12.2. The summed E-state index contributed by atoms with van der Waals surface area (Å²) in [5.41, 5.74) is 6.38. The number of rotatable bonds is 7. The number of hydrogen-bond donors (Lipinski definition) is 2. The number of nitrogens with two attached hydrogens (primary N) is 1. The smallest absolute Gasteiger partial charge is 0.269 e. The van der Waals surface area contributed by atoms with Crippen molar-refractivity contribution in [3.8, 4) is 0 Å². The molecular weight excluding hydrogens is 270 g/mol. The maximum Gasteiger partial charge on any atom is 0.269 e. The number of nitrogens with zero attached hydrogens (tertiary/aromatic N) is 1. The van der Waals surface area contributed by atoms with Crippen LogP contribution in [0.25, 0.3) is 0 Å². The Labute approximate surface area is 124 Å². The maximum atomic E-state index is 12.2. The van der Waals surface area contributed by atoms with Gasteiger partial charge in [-0.2, -0.15) is 0 Å². The van der Waals surface area contributed by atoms with Crippen molar-refractivity contribution in [2.45, 2.75) is 33.2 Å². The standard InChI is InChI=1S/C15H23N3O3/c1-10(2)7-13(9-16)15(19)17-11(3)12-5-4-6-14(8-12)18(20)21/h4-6,8,10-11,13H,7,9,16H2,1-3H3,(H,17,19). The van der Waals surface area contributed by atoms with Crippen LogP contribution in [-0.2, 0) is 4.79 Å². The monoisotopic (exact) mass is 293 g/mol. The van der Waals surface area contributed by atoms with E-state index in [-0.39, 0.29) is 23.6 Å². The van der Waals surface area contributed by atoms with E-state index in [1.807, 2.05) is 13.8 Å². The molecule has 0 aliphatic carbocycles. The van der Waals surface area contributed by atoms with E-state index in [0.717, 1.165) is 6.42 Å². The fourth-order valence-electron chi connectivity index (χ4n) is 2.20. The Morgan fingerprint density at radius 3 is 2.57 bits per heavy atom. The lowest BCUT2D eigenvalue weighted by Crippen LogP contribution is -2.37. The van der Waals surface area contributed by atoms with Crippen LogP contribution in [0.2, 0.25) is 0 Å². The lowest BCUT2D eigenvalue weighted by molar-refractivity contribution is -0.384. The van der Waals surface area contributed by atoms with Gasteiger partial charge >= 0.3 is 0 Å². The molecule has 0 aliphatic heterocycles. The molecule has 21 heavy (non-hydrogen) atoms. The van der Waals surface area contributed by atoms with Crippen LogP contribution >= 0.6 is 0 Å². The van der Waals surface area contributed by atoms with Crippen molar-refractivity contribution in [2.75, 3.05) is 6.54 Å². The number of nitro groups is 1. The fraction of sp³-hybridized carbons (Fsp3) is 0.533. The molecule has 2 unspecified atom stereocenters. The van der Waals surface area contributed by atoms with Gasteiger partial charge in [0.15, 0.2) is 0 Å². The number of non-ortho nitro benzene ring substituents is 1. The van der Waals surface area contributed by atoms with E-state index in [2.05, 4.69) is 5.32 Å². The van der Waals surface area contributed by atoms with Crippen molar-refractivity contribution in [3.05, 3.63) is 39.9 Å². The quantitative estimate of drug-likeness (QED) is 0.595. The minimum Gasteiger partial charge on any atom is -0.349 e. The molecule has 1 aromatic carbocycles. The predicted molar refractivity (Wildman–Crippen MR) is 81.7 cm³/mol. The third kappa shape index (κ3) is 5.15. The molecule has 0 saturated heterocycles. The first kappa shape index (κ1) is 17.1. The highest BCUT2D eigenvalue weighted by molar-refractivity contribution is 5.79. The zero-order chi connectivity index (χ0) is 16.0. The summed E-state index contributed by atoms with van der Waals surface area (Å²) in [5.74, 6) is 0.0498. The molecule has 3 N–H and O–H groups in total. The molecule has 0 aliphatic rings. The number of benzene rings is 1. The Hall–Kier alpha value is -1.95. The SMILES string of the molecule is CC(C)CC(CN)C(=O)NC(C)c1cccc([N+](=O)[O-])c1. The van der Waals surface area contributed by atoms with Crippen molar-refractivity contribution >= 4 is 11.6 Å². The van der Waals surface area contributed by atoms with Crippen LogP contribution in [0.4, 0.5) is 5.69 Å². The molecule has 0 spiro atoms. The van der Waals surface area contributed by atoms with E-state index >= 15 is 0 Å². The van der Waals surface area contributed by atoms with Crippen LogP contribution in [0.3, 0.4) is 0 Å². The Bertz CT molecular complexity index is 503. The van der Waals surface area contributed by atoms with Crippen LogP contribution in [0, 0.1) is 22.0 Å². The largest absolute Gasteiger partial charge is 0.349 e. The molecule has 6 nitrogen and oxygen atoms in total. The third-order valence-electron chi connectivity index (χ3n) is 3.35. The minimum atomic E-state index is -0.445. The summed E-state index contributed by atoms with van der Waals surface area (Å²) >= 11 is 0. The van der Waals surface area contributed by atoms with Gasteiger partial charge in [0, 0.05) is 18.7 Å². The van der Waals surface area contributed by atoms with E-state index in [4.69, 9.17) is 5.73 Å². The molecule has 0 fully saturated rings. The topological polar surface area (TPSA) is 98.3 Å². The Morgan fingerprint density at radius 2 is 2.05 bits per heavy atom. The van der Waals surface area contributed by atoms with Crippen molar-refractivity contribution in [1.82, 2.24) is 5.32 Å². The van der Waals surface area contributed by atoms with E-state index in [1.165, 1.54) is 12.1 Å². The van der Waals surface area contributed by atoms with Crippen LogP contribution in [0.15, 0.2) is 24.3 Å². The minimum absolute atomic E-state index is 0.0196. The number of nitrogens with one attached hydrogen (secondary N) is 1. The molecule has 0 aromatic heterocycles. The average molecular weight is 293 g/mol. The Balaban J connectivity index is 2.75. The molecule has 1 aromatic rings. The number of carbonyl (C=O) groups excluding carboxylic acids is 1. The van der Waals surface area contributed by atoms with Gasteiger partial charge in [-0.15, -0.1) is 0 Å². The van der Waals surface area contributed by atoms with Gasteiger partial charge in [0.25, 0.3) is 5.69 Å². The van der Waals surface area contributed by atoms with E-state index < -0.39 is 4.92 Å². The number of hydrogen-bond acceptors (Lipinski definition) is 4. The summed E-state index contributed by atoms with van der Waals surface area (Å²) in [6.07, 6.45) is 0.726. The molecule has 0 bridgehead atoms. The summed E-state index contributed by atoms with van der Waals surface area (Å²) in [6, 6.07) is 5.99. The molecule has 6 heteroatoms. The normalized spacial score (nSPS) is 13.8. The molecule has 2 atom stereocenters. The summed E-state index contributed by atoms with van der Waals surface area (Å²) in [6.45, 7) is 6.19. The van der Waals surface area contributed by atoms with Crippen molar-refractivity contribution in [1.29, 1.82) is 0 Å². The molecule has 0 saturated carbocycles. The van der Waals surface area contributed by atoms with Gasteiger partial charge in [0.2, 0.25) is 5.91 Å². The number of carbonyl (C=O) groups is 1. The first-order valence-corrected chi connectivity index (χ1v) is 7.10.